The Morgan fingerprint density at radius 1 is 0.950 bits per heavy atom. The van der Waals surface area contributed by atoms with Crippen LogP contribution < -0.4 is 0 Å². The molecule has 0 unspecified atom stereocenters. The van der Waals surface area contributed by atoms with Crippen molar-refractivity contribution in [2.45, 2.75) is 16.7 Å². The van der Waals surface area contributed by atoms with E-state index >= 15 is 0 Å². The summed E-state index contributed by atoms with van der Waals surface area (Å²) in [4.78, 5) is 4.74. The van der Waals surface area contributed by atoms with Gasteiger partial charge in [0.25, 0.3) is 20.0 Å². The standard InChI is InChI=1S/C12H11NO5S2/c1-2-18-13-19(14,15)10-7-3-5-9-6-4-8-11(12(9)10)20(13,16)17/h3-8H,2H2,1H3. The first-order valence-corrected chi connectivity index (χ1v) is 8.74. The van der Waals surface area contributed by atoms with Gasteiger partial charge < -0.3 is 0 Å². The lowest BCUT2D eigenvalue weighted by Crippen LogP contribution is -2.39. The fourth-order valence-corrected chi connectivity index (χ4v) is 6.10. The quantitative estimate of drug-likeness (QED) is 0.839. The molecule has 2 aromatic carbocycles. The van der Waals surface area contributed by atoms with Crippen LogP contribution in [0.1, 0.15) is 6.92 Å². The molecule has 0 saturated heterocycles. The van der Waals surface area contributed by atoms with E-state index in [-0.39, 0.29) is 25.7 Å². The van der Waals surface area contributed by atoms with Crippen molar-refractivity contribution in [2.75, 3.05) is 6.61 Å². The Morgan fingerprint density at radius 3 is 1.90 bits per heavy atom. The van der Waals surface area contributed by atoms with Crippen molar-refractivity contribution in [1.82, 2.24) is 3.87 Å². The normalized spacial score (nSPS) is 20.1. The lowest BCUT2D eigenvalue weighted by atomic mass is 10.1. The molecule has 0 fully saturated rings. The van der Waals surface area contributed by atoms with Gasteiger partial charge in [-0.05, 0) is 24.4 Å². The van der Waals surface area contributed by atoms with E-state index in [9.17, 15) is 16.8 Å². The Morgan fingerprint density at radius 2 is 1.45 bits per heavy atom. The Labute approximate surface area is 116 Å². The fourth-order valence-electron chi connectivity index (χ4n) is 2.24. The summed E-state index contributed by atoms with van der Waals surface area (Å²) in [5, 5.41) is 0.772. The van der Waals surface area contributed by atoms with Gasteiger partial charge >= 0.3 is 0 Å². The van der Waals surface area contributed by atoms with Gasteiger partial charge in [0.05, 0.1) is 16.4 Å². The van der Waals surface area contributed by atoms with E-state index in [2.05, 4.69) is 0 Å². The maximum Gasteiger partial charge on any atom is 0.280 e. The zero-order valence-electron chi connectivity index (χ0n) is 10.5. The molecular formula is C12H11NO5S2. The van der Waals surface area contributed by atoms with Gasteiger partial charge in [0.15, 0.2) is 0 Å². The zero-order valence-corrected chi connectivity index (χ0v) is 12.1. The second-order valence-electron chi connectivity index (χ2n) is 4.20. The van der Waals surface area contributed by atoms with Crippen LogP contribution >= 0.6 is 0 Å². The lowest BCUT2D eigenvalue weighted by molar-refractivity contribution is -0.00765. The first-order valence-electron chi connectivity index (χ1n) is 5.86. The van der Waals surface area contributed by atoms with Gasteiger partial charge in [-0.25, -0.2) is 16.8 Å². The number of rotatable bonds is 2. The van der Waals surface area contributed by atoms with E-state index < -0.39 is 20.0 Å². The molecule has 0 N–H and O–H groups in total. The summed E-state index contributed by atoms with van der Waals surface area (Å²) in [7, 11) is -8.47. The van der Waals surface area contributed by atoms with Crippen LogP contribution in [-0.2, 0) is 24.9 Å². The monoisotopic (exact) mass is 313 g/mol. The van der Waals surface area contributed by atoms with Gasteiger partial charge in [-0.3, -0.25) is 4.84 Å². The van der Waals surface area contributed by atoms with Gasteiger partial charge in [-0.1, -0.05) is 24.3 Å². The highest BCUT2D eigenvalue weighted by molar-refractivity contribution is 8.04. The van der Waals surface area contributed by atoms with Crippen molar-refractivity contribution in [2.24, 2.45) is 0 Å². The van der Waals surface area contributed by atoms with Gasteiger partial charge in [-0.15, -0.1) is 0 Å². The summed E-state index contributed by atoms with van der Waals surface area (Å²) >= 11 is 0. The van der Waals surface area contributed by atoms with Gasteiger partial charge in [0.1, 0.15) is 0 Å². The maximum absolute atomic E-state index is 12.4. The molecule has 0 atom stereocenters. The molecule has 8 heteroatoms. The van der Waals surface area contributed by atoms with Crippen LogP contribution in [0.3, 0.4) is 0 Å². The molecule has 1 aliphatic heterocycles. The van der Waals surface area contributed by atoms with Crippen molar-refractivity contribution >= 4 is 30.8 Å². The number of benzene rings is 2. The molecule has 0 amide bonds. The average molecular weight is 313 g/mol. The van der Waals surface area contributed by atoms with Crippen LogP contribution in [0, 0.1) is 0 Å². The smallest absolute Gasteiger partial charge is 0.270 e. The molecule has 0 spiro atoms. The predicted molar refractivity (Wildman–Crippen MR) is 71.8 cm³/mol. The fraction of sp³-hybridized carbons (Fsp3) is 0.167. The second-order valence-corrected chi connectivity index (χ2v) is 7.88. The first kappa shape index (κ1) is 13.5. The molecule has 0 bridgehead atoms. The highest BCUT2D eigenvalue weighted by atomic mass is 32.3. The molecule has 6 nitrogen and oxygen atoms in total. The van der Waals surface area contributed by atoms with Gasteiger partial charge in [0.2, 0.25) is 0 Å². The first-order chi connectivity index (χ1) is 9.40. The summed E-state index contributed by atoms with van der Waals surface area (Å²) in [6, 6.07) is 9.24. The van der Waals surface area contributed by atoms with Crippen LogP contribution in [0.15, 0.2) is 46.2 Å². The van der Waals surface area contributed by atoms with Crippen molar-refractivity contribution in [3.8, 4) is 0 Å². The van der Waals surface area contributed by atoms with Crippen molar-refractivity contribution in [3.05, 3.63) is 36.4 Å². The predicted octanol–water partition coefficient (Wildman–Crippen LogP) is 1.48. The largest absolute Gasteiger partial charge is 0.280 e. The molecule has 20 heavy (non-hydrogen) atoms. The molecule has 0 aliphatic carbocycles. The van der Waals surface area contributed by atoms with Crippen LogP contribution in [0.2, 0.25) is 0 Å². The van der Waals surface area contributed by atoms with Gasteiger partial charge in [0, 0.05) is 9.26 Å². The van der Waals surface area contributed by atoms with Crippen LogP contribution in [0.4, 0.5) is 0 Å². The summed E-state index contributed by atoms with van der Waals surface area (Å²) in [5.74, 6) is 0. The highest BCUT2D eigenvalue weighted by Crippen LogP contribution is 2.39. The number of hydrogen-bond donors (Lipinski definition) is 0. The number of sulfonamides is 2. The minimum atomic E-state index is -4.24. The molecule has 1 aliphatic rings. The maximum atomic E-state index is 12.4. The zero-order chi connectivity index (χ0) is 14.5. The second kappa shape index (κ2) is 4.26. The molecule has 3 rings (SSSR count). The van der Waals surface area contributed by atoms with E-state index in [1.165, 1.54) is 19.1 Å². The molecule has 1 heterocycles. The van der Waals surface area contributed by atoms with Crippen LogP contribution in [0.25, 0.3) is 10.8 Å². The summed E-state index contributed by atoms with van der Waals surface area (Å²) in [6.07, 6.45) is 0. The van der Waals surface area contributed by atoms with E-state index in [0.29, 0.717) is 5.39 Å². The topological polar surface area (TPSA) is 80.8 Å². The molecule has 2 aromatic rings. The van der Waals surface area contributed by atoms with Crippen LogP contribution in [-0.4, -0.2) is 27.3 Å². The minimum Gasteiger partial charge on any atom is -0.270 e. The van der Waals surface area contributed by atoms with Crippen LogP contribution in [0.5, 0.6) is 0 Å². The van der Waals surface area contributed by atoms with E-state index in [1.807, 2.05) is 0 Å². The third kappa shape index (κ3) is 1.62. The number of hydrogen-bond acceptors (Lipinski definition) is 5. The Hall–Kier alpha value is -1.48. The van der Waals surface area contributed by atoms with E-state index in [0.717, 1.165) is 0 Å². The third-order valence-electron chi connectivity index (χ3n) is 3.01. The van der Waals surface area contributed by atoms with Crippen molar-refractivity contribution in [1.29, 1.82) is 0 Å². The average Bonchev–Trinajstić information content (AvgIpc) is 2.41. The molecular weight excluding hydrogens is 302 g/mol. The van der Waals surface area contributed by atoms with E-state index in [4.69, 9.17) is 4.84 Å². The summed E-state index contributed by atoms with van der Waals surface area (Å²) < 4.78 is 49.8. The highest BCUT2D eigenvalue weighted by Gasteiger charge is 2.44. The number of nitrogens with zero attached hydrogens (tertiary/aromatic N) is 1. The van der Waals surface area contributed by atoms with Crippen molar-refractivity contribution < 1.29 is 21.7 Å². The molecule has 0 saturated carbocycles. The minimum absolute atomic E-state index is 0.0612. The summed E-state index contributed by atoms with van der Waals surface area (Å²) in [5.41, 5.74) is 0. The Kier molecular flexibility index (Phi) is 2.87. The van der Waals surface area contributed by atoms with E-state index in [1.54, 1.807) is 24.3 Å². The molecule has 106 valence electrons. The Balaban J connectivity index is 2.53. The summed E-state index contributed by atoms with van der Waals surface area (Å²) in [6.45, 7) is 1.45. The molecule has 0 radical (unpaired) electrons. The van der Waals surface area contributed by atoms with Crippen molar-refractivity contribution in [3.63, 3.8) is 0 Å². The third-order valence-corrected chi connectivity index (χ3v) is 6.98. The Bertz CT molecular complexity index is 834. The SMILES string of the molecule is CCON1S(=O)(=O)c2cccc3cccc(c23)S1(=O)=O. The molecule has 0 aromatic heterocycles. The lowest BCUT2D eigenvalue weighted by Gasteiger charge is -2.26. The van der Waals surface area contributed by atoms with Gasteiger partial charge in [-0.2, -0.15) is 0 Å².